The summed E-state index contributed by atoms with van der Waals surface area (Å²) in [4.78, 5) is 28.0. The number of rotatable bonds is 5. The van der Waals surface area contributed by atoms with E-state index in [1.165, 1.54) is 13.3 Å². The number of aromatic nitrogens is 1. The number of para-hydroxylation sites is 1. The van der Waals surface area contributed by atoms with Gasteiger partial charge >= 0.3 is 5.97 Å². The lowest BCUT2D eigenvalue weighted by Crippen LogP contribution is -2.41. The zero-order chi connectivity index (χ0) is 15.2. The molecule has 1 aromatic heterocycles. The Morgan fingerprint density at radius 1 is 1.43 bits per heavy atom. The van der Waals surface area contributed by atoms with Crippen molar-refractivity contribution in [2.24, 2.45) is 0 Å². The Labute approximate surface area is 122 Å². The summed E-state index contributed by atoms with van der Waals surface area (Å²) in [6.45, 7) is 3.57. The standard InChI is InChI=1S/C16H16N2O3/c1-3-6-14(16(20)21-2)18-15(19)12-9-11-7-4-5-8-13(11)17-10-12/h3-5,7-10,14H,1,6H2,2H3,(H,18,19)/t14-/m0/s1. The van der Waals surface area contributed by atoms with Crippen molar-refractivity contribution in [1.29, 1.82) is 0 Å². The first-order valence-electron chi connectivity index (χ1n) is 6.50. The number of hydrogen-bond donors (Lipinski definition) is 1. The van der Waals surface area contributed by atoms with Crippen LogP contribution in [0.25, 0.3) is 10.9 Å². The van der Waals surface area contributed by atoms with Gasteiger partial charge in [-0.25, -0.2) is 4.79 Å². The van der Waals surface area contributed by atoms with E-state index in [0.29, 0.717) is 12.0 Å². The molecule has 1 N–H and O–H groups in total. The predicted octanol–water partition coefficient (Wildman–Crippen LogP) is 2.08. The average molecular weight is 284 g/mol. The Hall–Kier alpha value is -2.69. The summed E-state index contributed by atoms with van der Waals surface area (Å²) < 4.78 is 4.65. The summed E-state index contributed by atoms with van der Waals surface area (Å²) in [6, 6.07) is 8.49. The minimum absolute atomic E-state index is 0.305. The molecule has 5 nitrogen and oxygen atoms in total. The van der Waals surface area contributed by atoms with E-state index in [4.69, 9.17) is 0 Å². The monoisotopic (exact) mass is 284 g/mol. The third-order valence-electron chi connectivity index (χ3n) is 3.05. The number of fused-ring (bicyclic) bond motifs is 1. The number of benzene rings is 1. The molecule has 1 aromatic carbocycles. The van der Waals surface area contributed by atoms with Crippen LogP contribution in [0.1, 0.15) is 16.8 Å². The van der Waals surface area contributed by atoms with Gasteiger partial charge in [0.2, 0.25) is 0 Å². The summed E-state index contributed by atoms with van der Waals surface area (Å²) in [6.07, 6.45) is 3.35. The van der Waals surface area contributed by atoms with Gasteiger partial charge in [-0.15, -0.1) is 6.58 Å². The molecular weight excluding hydrogens is 268 g/mol. The molecular formula is C16H16N2O3. The lowest BCUT2D eigenvalue weighted by molar-refractivity contribution is -0.142. The van der Waals surface area contributed by atoms with Crippen LogP contribution in [0, 0.1) is 0 Å². The fraction of sp³-hybridized carbons (Fsp3) is 0.188. The van der Waals surface area contributed by atoms with Crippen molar-refractivity contribution in [1.82, 2.24) is 10.3 Å². The minimum atomic E-state index is -0.744. The van der Waals surface area contributed by atoms with Gasteiger partial charge < -0.3 is 10.1 Å². The zero-order valence-corrected chi connectivity index (χ0v) is 11.7. The first-order chi connectivity index (χ1) is 10.2. The third kappa shape index (κ3) is 3.45. The smallest absolute Gasteiger partial charge is 0.328 e. The van der Waals surface area contributed by atoms with E-state index in [1.807, 2.05) is 24.3 Å². The first-order valence-corrected chi connectivity index (χ1v) is 6.50. The molecule has 0 aliphatic heterocycles. The highest BCUT2D eigenvalue weighted by Crippen LogP contribution is 2.13. The van der Waals surface area contributed by atoms with Crippen molar-refractivity contribution in [3.63, 3.8) is 0 Å². The number of methoxy groups -OCH3 is 1. The van der Waals surface area contributed by atoms with Gasteiger partial charge in [-0.2, -0.15) is 0 Å². The van der Waals surface area contributed by atoms with Crippen molar-refractivity contribution < 1.29 is 14.3 Å². The maximum Gasteiger partial charge on any atom is 0.328 e. The van der Waals surface area contributed by atoms with Crippen molar-refractivity contribution in [2.75, 3.05) is 7.11 Å². The Morgan fingerprint density at radius 3 is 2.90 bits per heavy atom. The van der Waals surface area contributed by atoms with Crippen LogP contribution < -0.4 is 5.32 Å². The molecule has 0 bridgehead atoms. The number of carbonyl (C=O) groups is 2. The molecule has 108 valence electrons. The van der Waals surface area contributed by atoms with E-state index in [2.05, 4.69) is 21.6 Å². The van der Waals surface area contributed by atoms with Crippen LogP contribution >= 0.6 is 0 Å². The largest absolute Gasteiger partial charge is 0.467 e. The summed E-state index contributed by atoms with van der Waals surface area (Å²) in [7, 11) is 1.28. The Balaban J connectivity index is 2.20. The highest BCUT2D eigenvalue weighted by Gasteiger charge is 2.20. The molecule has 0 aliphatic carbocycles. The maximum atomic E-state index is 12.2. The van der Waals surface area contributed by atoms with Crippen molar-refractivity contribution in [2.45, 2.75) is 12.5 Å². The van der Waals surface area contributed by atoms with Gasteiger partial charge in [-0.3, -0.25) is 9.78 Å². The van der Waals surface area contributed by atoms with Gasteiger partial charge in [0.1, 0.15) is 6.04 Å². The predicted molar refractivity (Wildman–Crippen MR) is 79.8 cm³/mol. The number of nitrogens with one attached hydrogen (secondary N) is 1. The molecule has 0 radical (unpaired) electrons. The van der Waals surface area contributed by atoms with Crippen LogP contribution in [0.2, 0.25) is 0 Å². The lowest BCUT2D eigenvalue weighted by Gasteiger charge is -2.14. The summed E-state index contributed by atoms with van der Waals surface area (Å²) in [5.41, 5.74) is 1.20. The molecule has 2 rings (SSSR count). The molecule has 0 fully saturated rings. The third-order valence-corrected chi connectivity index (χ3v) is 3.05. The summed E-state index contributed by atoms with van der Waals surface area (Å²) in [5.74, 6) is -0.873. The molecule has 1 heterocycles. The SMILES string of the molecule is C=CC[C@H](NC(=O)c1cnc2ccccc2c1)C(=O)OC. The Kier molecular flexibility index (Phi) is 4.66. The fourth-order valence-electron chi connectivity index (χ4n) is 1.96. The second kappa shape index (κ2) is 6.65. The van der Waals surface area contributed by atoms with E-state index in [0.717, 1.165) is 10.9 Å². The van der Waals surface area contributed by atoms with Crippen molar-refractivity contribution in [3.05, 3.63) is 54.7 Å². The molecule has 0 aliphatic rings. The van der Waals surface area contributed by atoms with Crippen molar-refractivity contribution in [3.8, 4) is 0 Å². The Morgan fingerprint density at radius 2 is 2.19 bits per heavy atom. The number of nitrogens with zero attached hydrogens (tertiary/aromatic N) is 1. The molecule has 0 saturated carbocycles. The van der Waals surface area contributed by atoms with E-state index >= 15 is 0 Å². The van der Waals surface area contributed by atoms with Crippen LogP contribution in [0.3, 0.4) is 0 Å². The molecule has 0 spiro atoms. The Bertz CT molecular complexity index is 682. The zero-order valence-electron chi connectivity index (χ0n) is 11.7. The van der Waals surface area contributed by atoms with E-state index < -0.39 is 12.0 Å². The summed E-state index contributed by atoms with van der Waals surface area (Å²) in [5, 5.41) is 3.49. The number of carbonyl (C=O) groups excluding carboxylic acids is 2. The molecule has 21 heavy (non-hydrogen) atoms. The van der Waals surface area contributed by atoms with Gasteiger partial charge in [0, 0.05) is 11.6 Å². The molecule has 0 unspecified atom stereocenters. The van der Waals surface area contributed by atoms with Crippen molar-refractivity contribution >= 4 is 22.8 Å². The highest BCUT2D eigenvalue weighted by atomic mass is 16.5. The quantitative estimate of drug-likeness (QED) is 0.674. The topological polar surface area (TPSA) is 68.3 Å². The van der Waals surface area contributed by atoms with Gasteiger partial charge in [0.05, 0.1) is 18.2 Å². The van der Waals surface area contributed by atoms with Crippen LogP contribution in [0.5, 0.6) is 0 Å². The normalized spacial score (nSPS) is 11.7. The van der Waals surface area contributed by atoms with E-state index in [9.17, 15) is 9.59 Å². The second-order valence-corrected chi connectivity index (χ2v) is 4.49. The minimum Gasteiger partial charge on any atom is -0.467 e. The number of pyridine rings is 1. The van der Waals surface area contributed by atoms with Gasteiger partial charge in [0.15, 0.2) is 0 Å². The number of hydrogen-bond acceptors (Lipinski definition) is 4. The summed E-state index contributed by atoms with van der Waals surface area (Å²) >= 11 is 0. The van der Waals surface area contributed by atoms with Crippen LogP contribution in [0.4, 0.5) is 0 Å². The van der Waals surface area contributed by atoms with Crippen LogP contribution in [-0.4, -0.2) is 30.0 Å². The highest BCUT2D eigenvalue weighted by molar-refractivity contribution is 5.99. The van der Waals surface area contributed by atoms with E-state index in [1.54, 1.807) is 12.1 Å². The lowest BCUT2D eigenvalue weighted by atomic mass is 10.1. The van der Waals surface area contributed by atoms with E-state index in [-0.39, 0.29) is 5.91 Å². The van der Waals surface area contributed by atoms with Gasteiger partial charge in [-0.05, 0) is 18.6 Å². The van der Waals surface area contributed by atoms with Gasteiger partial charge in [-0.1, -0.05) is 24.3 Å². The van der Waals surface area contributed by atoms with Crippen LogP contribution in [-0.2, 0) is 9.53 Å². The molecule has 5 heteroatoms. The fourth-order valence-corrected chi connectivity index (χ4v) is 1.96. The molecule has 1 amide bonds. The number of esters is 1. The second-order valence-electron chi connectivity index (χ2n) is 4.49. The number of ether oxygens (including phenoxy) is 1. The average Bonchev–Trinajstić information content (AvgIpc) is 2.53. The maximum absolute atomic E-state index is 12.2. The molecule has 1 atom stereocenters. The van der Waals surface area contributed by atoms with Gasteiger partial charge in [0.25, 0.3) is 5.91 Å². The number of amides is 1. The first kappa shape index (κ1) is 14.7. The molecule has 0 saturated heterocycles. The molecule has 2 aromatic rings. The van der Waals surface area contributed by atoms with Crippen LogP contribution in [0.15, 0.2) is 49.2 Å².